The zero-order valence-corrected chi connectivity index (χ0v) is 14.3. The Morgan fingerprint density at radius 1 is 1.33 bits per heavy atom. The third-order valence-electron chi connectivity index (χ3n) is 2.54. The van der Waals surface area contributed by atoms with Gasteiger partial charge in [0.05, 0.1) is 0 Å². The first kappa shape index (κ1) is 16.0. The molecule has 0 aliphatic heterocycles. The predicted molar refractivity (Wildman–Crippen MR) is 87.3 cm³/mol. The molecule has 2 rings (SSSR count). The average Bonchev–Trinajstić information content (AvgIpc) is 2.86. The van der Waals surface area contributed by atoms with Crippen LogP contribution in [0.2, 0.25) is 0 Å². The summed E-state index contributed by atoms with van der Waals surface area (Å²) >= 11 is 4.32. The molecule has 1 aromatic carbocycles. The third-order valence-corrected chi connectivity index (χ3v) is 6.59. The predicted octanol–water partition coefficient (Wildman–Crippen LogP) is 3.06. The van der Waals surface area contributed by atoms with Crippen LogP contribution in [0.3, 0.4) is 0 Å². The first-order valence-electron chi connectivity index (χ1n) is 6.08. The van der Waals surface area contributed by atoms with Gasteiger partial charge in [-0.1, -0.05) is 6.07 Å². The molecule has 0 aliphatic rings. The molecule has 0 radical (unpaired) electrons. The number of thiophene rings is 1. The topological polar surface area (TPSA) is 75.3 Å². The van der Waals surface area contributed by atoms with Gasteiger partial charge in [-0.05, 0) is 52.5 Å². The van der Waals surface area contributed by atoms with Gasteiger partial charge in [-0.2, -0.15) is 0 Å². The minimum atomic E-state index is -3.67. The summed E-state index contributed by atoms with van der Waals surface area (Å²) in [7, 11) is -3.67. The van der Waals surface area contributed by atoms with Gasteiger partial charge in [-0.3, -0.25) is 9.52 Å². The summed E-state index contributed by atoms with van der Waals surface area (Å²) in [4.78, 5) is 11.8. The van der Waals surface area contributed by atoms with Gasteiger partial charge in [0.25, 0.3) is 15.9 Å². The van der Waals surface area contributed by atoms with E-state index in [1.165, 1.54) is 6.07 Å². The van der Waals surface area contributed by atoms with Crippen LogP contribution in [0.5, 0.6) is 0 Å². The van der Waals surface area contributed by atoms with Crippen molar-refractivity contribution in [2.45, 2.75) is 11.1 Å². The number of hydrogen-bond donors (Lipinski definition) is 2. The van der Waals surface area contributed by atoms with Crippen LogP contribution >= 0.6 is 27.3 Å². The molecule has 1 aromatic heterocycles. The molecule has 8 heteroatoms. The molecule has 0 unspecified atom stereocenters. The van der Waals surface area contributed by atoms with Crippen molar-refractivity contribution in [3.05, 3.63) is 45.7 Å². The molecule has 0 saturated heterocycles. The molecule has 2 aromatic rings. The van der Waals surface area contributed by atoms with Gasteiger partial charge in [-0.15, -0.1) is 11.3 Å². The van der Waals surface area contributed by atoms with E-state index in [9.17, 15) is 13.2 Å². The summed E-state index contributed by atoms with van der Waals surface area (Å²) in [6, 6.07) is 8.03. The SMILES string of the molecule is CCNC(=O)c1cccc(NS(=O)(=O)c2sccc2Br)c1. The number of carbonyl (C=O) groups is 1. The summed E-state index contributed by atoms with van der Waals surface area (Å²) in [6.07, 6.45) is 0. The number of amides is 1. The van der Waals surface area contributed by atoms with Crippen LogP contribution in [-0.2, 0) is 10.0 Å². The summed E-state index contributed by atoms with van der Waals surface area (Å²) in [5.74, 6) is -0.240. The number of rotatable bonds is 5. The Kier molecular flexibility index (Phi) is 5.02. The lowest BCUT2D eigenvalue weighted by Crippen LogP contribution is -2.22. The molecule has 0 spiro atoms. The Morgan fingerprint density at radius 2 is 2.10 bits per heavy atom. The highest BCUT2D eigenvalue weighted by atomic mass is 79.9. The van der Waals surface area contributed by atoms with Crippen molar-refractivity contribution >= 4 is 48.9 Å². The van der Waals surface area contributed by atoms with E-state index < -0.39 is 10.0 Å². The van der Waals surface area contributed by atoms with Crippen LogP contribution in [0.1, 0.15) is 17.3 Å². The Hall–Kier alpha value is -1.38. The van der Waals surface area contributed by atoms with E-state index in [0.29, 0.717) is 22.3 Å². The van der Waals surface area contributed by atoms with Gasteiger partial charge < -0.3 is 5.32 Å². The van der Waals surface area contributed by atoms with Crippen LogP contribution in [0.4, 0.5) is 5.69 Å². The monoisotopic (exact) mass is 388 g/mol. The van der Waals surface area contributed by atoms with Crippen LogP contribution in [0.15, 0.2) is 44.4 Å². The van der Waals surface area contributed by atoms with E-state index >= 15 is 0 Å². The van der Waals surface area contributed by atoms with Crippen LogP contribution in [0, 0.1) is 0 Å². The van der Waals surface area contributed by atoms with E-state index in [2.05, 4.69) is 26.0 Å². The second kappa shape index (κ2) is 6.59. The number of sulfonamides is 1. The fourth-order valence-corrected chi connectivity index (χ4v) is 5.05. The van der Waals surface area contributed by atoms with Gasteiger partial charge in [-0.25, -0.2) is 8.42 Å². The summed E-state index contributed by atoms with van der Waals surface area (Å²) in [5, 5.41) is 4.35. The molecule has 0 atom stereocenters. The zero-order chi connectivity index (χ0) is 15.5. The summed E-state index contributed by atoms with van der Waals surface area (Å²) in [6.45, 7) is 2.33. The maximum Gasteiger partial charge on any atom is 0.272 e. The van der Waals surface area contributed by atoms with E-state index in [4.69, 9.17) is 0 Å². The maximum absolute atomic E-state index is 12.3. The Labute approximate surface area is 135 Å². The zero-order valence-electron chi connectivity index (χ0n) is 11.1. The van der Waals surface area contributed by atoms with Crippen molar-refractivity contribution in [3.63, 3.8) is 0 Å². The molecule has 0 saturated carbocycles. The van der Waals surface area contributed by atoms with Gasteiger partial charge in [0.1, 0.15) is 0 Å². The molecule has 112 valence electrons. The second-order valence-corrected chi connectivity index (χ2v) is 7.75. The molecule has 2 N–H and O–H groups in total. The lowest BCUT2D eigenvalue weighted by Gasteiger charge is -2.08. The van der Waals surface area contributed by atoms with Crippen LogP contribution in [-0.4, -0.2) is 20.9 Å². The number of halogens is 1. The Morgan fingerprint density at radius 3 is 2.71 bits per heavy atom. The molecule has 0 bridgehead atoms. The average molecular weight is 389 g/mol. The van der Waals surface area contributed by atoms with Gasteiger partial charge in [0.15, 0.2) is 4.21 Å². The van der Waals surface area contributed by atoms with Crippen molar-refractivity contribution in [2.75, 3.05) is 11.3 Å². The van der Waals surface area contributed by atoms with E-state index in [1.807, 2.05) is 6.92 Å². The van der Waals surface area contributed by atoms with E-state index in [0.717, 1.165) is 11.3 Å². The van der Waals surface area contributed by atoms with Crippen molar-refractivity contribution < 1.29 is 13.2 Å². The normalized spacial score (nSPS) is 11.1. The molecule has 1 amide bonds. The fraction of sp³-hybridized carbons (Fsp3) is 0.154. The van der Waals surface area contributed by atoms with Crippen molar-refractivity contribution in [1.29, 1.82) is 0 Å². The first-order valence-corrected chi connectivity index (χ1v) is 9.23. The minimum absolute atomic E-state index is 0.200. The van der Waals surface area contributed by atoms with Crippen molar-refractivity contribution in [1.82, 2.24) is 5.32 Å². The van der Waals surface area contributed by atoms with Crippen molar-refractivity contribution in [2.24, 2.45) is 0 Å². The quantitative estimate of drug-likeness (QED) is 0.826. The Bertz CT molecular complexity index is 756. The Balaban J connectivity index is 2.26. The number of carbonyl (C=O) groups excluding carboxylic acids is 1. The molecule has 0 fully saturated rings. The van der Waals surface area contributed by atoms with E-state index in [1.54, 1.807) is 29.6 Å². The molecule has 5 nitrogen and oxygen atoms in total. The highest BCUT2D eigenvalue weighted by molar-refractivity contribution is 9.10. The lowest BCUT2D eigenvalue weighted by molar-refractivity contribution is 0.0956. The minimum Gasteiger partial charge on any atom is -0.352 e. The summed E-state index contributed by atoms with van der Waals surface area (Å²) < 4.78 is 27.7. The lowest BCUT2D eigenvalue weighted by atomic mass is 10.2. The third kappa shape index (κ3) is 3.84. The molecular weight excluding hydrogens is 376 g/mol. The first-order chi connectivity index (χ1) is 9.94. The van der Waals surface area contributed by atoms with E-state index in [-0.39, 0.29) is 10.1 Å². The molecule has 1 heterocycles. The molecule has 0 aliphatic carbocycles. The second-order valence-electron chi connectivity index (χ2n) is 4.10. The number of anilines is 1. The van der Waals surface area contributed by atoms with Crippen molar-refractivity contribution in [3.8, 4) is 0 Å². The number of hydrogen-bond acceptors (Lipinski definition) is 4. The smallest absolute Gasteiger partial charge is 0.272 e. The number of benzene rings is 1. The molecule has 21 heavy (non-hydrogen) atoms. The van der Waals surface area contributed by atoms with Gasteiger partial charge in [0, 0.05) is 22.3 Å². The standard InChI is InChI=1S/C13H13BrN2O3S2/c1-2-15-12(17)9-4-3-5-10(8-9)16-21(18,19)13-11(14)6-7-20-13/h3-8,16H,2H2,1H3,(H,15,17). The van der Waals surface area contributed by atoms with Crippen LogP contribution < -0.4 is 10.0 Å². The van der Waals surface area contributed by atoms with Gasteiger partial charge >= 0.3 is 0 Å². The highest BCUT2D eigenvalue weighted by Crippen LogP contribution is 2.29. The van der Waals surface area contributed by atoms with Crippen LogP contribution in [0.25, 0.3) is 0 Å². The largest absolute Gasteiger partial charge is 0.352 e. The summed E-state index contributed by atoms with van der Waals surface area (Å²) in [5.41, 5.74) is 0.751. The molecular formula is C13H13BrN2O3S2. The van der Waals surface area contributed by atoms with Gasteiger partial charge in [0.2, 0.25) is 0 Å². The maximum atomic E-state index is 12.3. The number of nitrogens with one attached hydrogen (secondary N) is 2. The highest BCUT2D eigenvalue weighted by Gasteiger charge is 2.19. The fourth-order valence-electron chi connectivity index (χ4n) is 1.66.